The van der Waals surface area contributed by atoms with E-state index in [0.717, 1.165) is 58.5 Å². The van der Waals surface area contributed by atoms with Crippen LogP contribution in [0.1, 0.15) is 54.4 Å². The number of amides is 2. The fraction of sp³-hybridized carbons (Fsp3) is 0.295. The Kier molecular flexibility index (Phi) is 11.8. The number of nitrogens with one attached hydrogen (secondary N) is 2. The van der Waals surface area contributed by atoms with Gasteiger partial charge >= 0.3 is 6.03 Å². The van der Waals surface area contributed by atoms with Crippen molar-refractivity contribution in [3.05, 3.63) is 150 Å². The van der Waals surface area contributed by atoms with Crippen LogP contribution in [-0.4, -0.2) is 53.0 Å². The van der Waals surface area contributed by atoms with Crippen LogP contribution in [0.3, 0.4) is 0 Å². The van der Waals surface area contributed by atoms with Crippen molar-refractivity contribution in [3.8, 4) is 22.6 Å². The zero-order chi connectivity index (χ0) is 36.6. The van der Waals surface area contributed by atoms with E-state index in [1.165, 1.54) is 0 Å². The van der Waals surface area contributed by atoms with Gasteiger partial charge in [-0.2, -0.15) is 0 Å². The molecule has 2 fully saturated rings. The standard InChI is InChI=1S/C44H47N3O6/c1-30-41(27-47-23-7-12-38(47)29-49)52-43(53-42(30)33-17-15-31(28-48)16-18-33)36-11-6-10-35(25-36)34-9-5-8-32(24-34)26-45-44(50)46-37-19-21-40(22-20-37)51-39-13-3-2-4-14-39/h2-6,8-11,13-22,24-25,30,38,41-43,48-49H,7,12,23,26-29H2,1H3,(H2,45,46,50). The Morgan fingerprint density at radius 3 is 2.28 bits per heavy atom. The Morgan fingerprint density at radius 2 is 1.53 bits per heavy atom. The second kappa shape index (κ2) is 17.2. The molecule has 0 aliphatic carbocycles. The number of nitrogens with zero attached hydrogens (tertiary/aromatic N) is 1. The highest BCUT2D eigenvalue weighted by Crippen LogP contribution is 2.43. The van der Waals surface area contributed by atoms with Gasteiger partial charge in [-0.15, -0.1) is 0 Å². The van der Waals surface area contributed by atoms with Gasteiger partial charge in [-0.05, 0) is 95.7 Å². The zero-order valence-corrected chi connectivity index (χ0v) is 29.9. The van der Waals surface area contributed by atoms with Crippen molar-refractivity contribution in [2.24, 2.45) is 5.92 Å². The molecule has 7 rings (SSSR count). The number of urea groups is 1. The summed E-state index contributed by atoms with van der Waals surface area (Å²) in [5.41, 5.74) is 6.47. The predicted octanol–water partition coefficient (Wildman–Crippen LogP) is 8.21. The van der Waals surface area contributed by atoms with Crippen molar-refractivity contribution in [2.45, 2.75) is 57.5 Å². The molecule has 2 aliphatic heterocycles. The first kappa shape index (κ1) is 36.3. The highest BCUT2D eigenvalue weighted by atomic mass is 16.7. The van der Waals surface area contributed by atoms with Gasteiger partial charge in [0.25, 0.3) is 0 Å². The number of hydrogen-bond donors (Lipinski definition) is 4. The lowest BCUT2D eigenvalue weighted by Crippen LogP contribution is -2.46. The summed E-state index contributed by atoms with van der Waals surface area (Å²) >= 11 is 0. The zero-order valence-electron chi connectivity index (χ0n) is 29.9. The van der Waals surface area contributed by atoms with E-state index in [2.05, 4.69) is 46.7 Å². The van der Waals surface area contributed by atoms with E-state index < -0.39 is 6.29 Å². The van der Waals surface area contributed by atoms with Crippen molar-refractivity contribution in [2.75, 3.05) is 25.0 Å². The van der Waals surface area contributed by atoms with Gasteiger partial charge in [0.15, 0.2) is 6.29 Å². The molecule has 0 saturated carbocycles. The van der Waals surface area contributed by atoms with Gasteiger partial charge in [0, 0.05) is 36.3 Å². The van der Waals surface area contributed by atoms with Crippen LogP contribution in [0.2, 0.25) is 0 Å². The quantitative estimate of drug-likeness (QED) is 0.103. The van der Waals surface area contributed by atoms with E-state index in [1.807, 2.05) is 91.0 Å². The largest absolute Gasteiger partial charge is 0.457 e. The molecule has 274 valence electrons. The molecule has 2 aliphatic rings. The second-order valence-electron chi connectivity index (χ2n) is 13.9. The third-order valence-electron chi connectivity index (χ3n) is 10.2. The minimum absolute atomic E-state index is 0.00897. The second-order valence-corrected chi connectivity index (χ2v) is 13.9. The highest BCUT2D eigenvalue weighted by Gasteiger charge is 2.40. The Hall–Kier alpha value is -5.03. The van der Waals surface area contributed by atoms with Crippen LogP contribution in [-0.2, 0) is 22.6 Å². The summed E-state index contributed by atoms with van der Waals surface area (Å²) < 4.78 is 19.3. The maximum absolute atomic E-state index is 12.8. The van der Waals surface area contributed by atoms with Crippen LogP contribution in [0, 0.1) is 5.92 Å². The topological polar surface area (TPSA) is 113 Å². The maximum atomic E-state index is 12.8. The number of ether oxygens (including phenoxy) is 3. The molecular weight excluding hydrogens is 666 g/mol. The lowest BCUT2D eigenvalue weighted by Gasteiger charge is -2.43. The van der Waals surface area contributed by atoms with Crippen LogP contribution in [0.5, 0.6) is 11.5 Å². The van der Waals surface area contributed by atoms with Crippen molar-refractivity contribution in [1.29, 1.82) is 0 Å². The molecule has 0 aromatic heterocycles. The normalized spacial score (nSPS) is 21.6. The molecule has 4 N–H and O–H groups in total. The molecule has 53 heavy (non-hydrogen) atoms. The minimum atomic E-state index is -0.596. The summed E-state index contributed by atoms with van der Waals surface area (Å²) in [6.07, 6.45) is 1.13. The third kappa shape index (κ3) is 9.14. The first-order chi connectivity index (χ1) is 25.9. The number of para-hydroxylation sites is 1. The Balaban J connectivity index is 1.02. The molecule has 9 heteroatoms. The van der Waals surface area contributed by atoms with Crippen molar-refractivity contribution in [1.82, 2.24) is 10.2 Å². The summed E-state index contributed by atoms with van der Waals surface area (Å²) in [6.45, 7) is 4.32. The van der Waals surface area contributed by atoms with Gasteiger partial charge in [-0.3, -0.25) is 4.90 Å². The van der Waals surface area contributed by atoms with E-state index >= 15 is 0 Å². The summed E-state index contributed by atoms with van der Waals surface area (Å²) in [4.78, 5) is 15.1. The number of anilines is 1. The number of rotatable bonds is 12. The van der Waals surface area contributed by atoms with Gasteiger partial charge in [-0.1, -0.05) is 85.8 Å². The Labute approximate surface area is 311 Å². The van der Waals surface area contributed by atoms with E-state index in [-0.39, 0.29) is 43.4 Å². The first-order valence-electron chi connectivity index (χ1n) is 18.4. The number of benzene rings is 5. The summed E-state index contributed by atoms with van der Waals surface area (Å²) in [5, 5.41) is 25.5. The van der Waals surface area contributed by atoms with Crippen LogP contribution in [0.25, 0.3) is 11.1 Å². The maximum Gasteiger partial charge on any atom is 0.319 e. The molecule has 0 radical (unpaired) electrons. The number of aliphatic hydroxyl groups is 2. The molecule has 0 spiro atoms. The molecule has 2 heterocycles. The molecule has 5 unspecified atom stereocenters. The first-order valence-corrected chi connectivity index (χ1v) is 18.4. The number of carbonyl (C=O) groups excluding carboxylic acids is 1. The third-order valence-corrected chi connectivity index (χ3v) is 10.2. The van der Waals surface area contributed by atoms with E-state index in [0.29, 0.717) is 24.5 Å². The molecule has 5 aromatic rings. The number of carbonyl (C=O) groups is 1. The van der Waals surface area contributed by atoms with Gasteiger partial charge < -0.3 is 35.1 Å². The van der Waals surface area contributed by atoms with Crippen LogP contribution >= 0.6 is 0 Å². The molecule has 5 atom stereocenters. The van der Waals surface area contributed by atoms with Gasteiger partial charge in [0.1, 0.15) is 11.5 Å². The summed E-state index contributed by atoms with van der Waals surface area (Å²) in [5.74, 6) is 1.49. The molecule has 9 nitrogen and oxygen atoms in total. The number of hydrogen-bond acceptors (Lipinski definition) is 7. The van der Waals surface area contributed by atoms with Crippen molar-refractivity contribution < 1.29 is 29.2 Å². The fourth-order valence-electron chi connectivity index (χ4n) is 7.22. The fourth-order valence-corrected chi connectivity index (χ4v) is 7.22. The van der Waals surface area contributed by atoms with E-state index in [4.69, 9.17) is 14.2 Å². The van der Waals surface area contributed by atoms with Crippen LogP contribution < -0.4 is 15.4 Å². The molecule has 5 aromatic carbocycles. The van der Waals surface area contributed by atoms with Crippen molar-refractivity contribution in [3.63, 3.8) is 0 Å². The minimum Gasteiger partial charge on any atom is -0.457 e. The van der Waals surface area contributed by atoms with Crippen LogP contribution in [0.15, 0.2) is 127 Å². The average Bonchev–Trinajstić information content (AvgIpc) is 3.66. The molecule has 2 saturated heterocycles. The lowest BCUT2D eigenvalue weighted by atomic mass is 9.89. The average molecular weight is 714 g/mol. The van der Waals surface area contributed by atoms with Crippen molar-refractivity contribution >= 4 is 11.7 Å². The molecule has 0 bridgehead atoms. The van der Waals surface area contributed by atoms with Crippen LogP contribution in [0.4, 0.5) is 10.5 Å². The van der Waals surface area contributed by atoms with E-state index in [1.54, 1.807) is 12.1 Å². The number of likely N-dealkylation sites (tertiary alicyclic amines) is 1. The molecule has 2 amide bonds. The summed E-state index contributed by atoms with van der Waals surface area (Å²) in [6, 6.07) is 41.0. The predicted molar refractivity (Wildman–Crippen MR) is 205 cm³/mol. The highest BCUT2D eigenvalue weighted by molar-refractivity contribution is 5.89. The monoisotopic (exact) mass is 713 g/mol. The Morgan fingerprint density at radius 1 is 0.792 bits per heavy atom. The van der Waals surface area contributed by atoms with E-state index in [9.17, 15) is 15.0 Å². The Bertz CT molecular complexity index is 1940. The molecular formula is C44H47N3O6. The SMILES string of the molecule is CC1C(CN2CCCC2CO)OC(c2cccc(-c3cccc(CNC(=O)Nc4ccc(Oc5ccccc5)cc4)c3)c2)OC1c1ccc(CO)cc1. The smallest absolute Gasteiger partial charge is 0.319 e. The number of aliphatic hydroxyl groups excluding tert-OH is 2. The van der Waals surface area contributed by atoms with Gasteiger partial charge in [0.2, 0.25) is 0 Å². The summed E-state index contributed by atoms with van der Waals surface area (Å²) in [7, 11) is 0. The van der Waals surface area contributed by atoms with Gasteiger partial charge in [0.05, 0.1) is 25.4 Å². The van der Waals surface area contributed by atoms with Gasteiger partial charge in [-0.25, -0.2) is 4.79 Å². The lowest BCUT2D eigenvalue weighted by molar-refractivity contribution is -0.276.